The lowest BCUT2D eigenvalue weighted by Crippen LogP contribution is -2.44. The van der Waals surface area contributed by atoms with E-state index in [9.17, 15) is 13.2 Å². The van der Waals surface area contributed by atoms with Gasteiger partial charge in [-0.15, -0.1) is 0 Å². The summed E-state index contributed by atoms with van der Waals surface area (Å²) in [6.45, 7) is 3.32. The lowest BCUT2D eigenvalue weighted by Gasteiger charge is -2.38. The molecule has 166 valence electrons. The Morgan fingerprint density at radius 3 is 2.52 bits per heavy atom. The number of hydrogen-bond donors (Lipinski definition) is 1. The molecule has 0 aliphatic carbocycles. The first-order chi connectivity index (χ1) is 14.7. The van der Waals surface area contributed by atoms with Crippen LogP contribution in [0.1, 0.15) is 30.4 Å². The monoisotopic (exact) mass is 445 g/mol. The number of carbonyl (C=O) groups is 1. The molecule has 1 fully saturated rings. The van der Waals surface area contributed by atoms with Crippen LogP contribution < -0.4 is 9.47 Å². The number of carboxylic acid groups (broad SMARTS) is 1. The Morgan fingerprint density at radius 1 is 1.16 bits per heavy atom. The zero-order valence-electron chi connectivity index (χ0n) is 17.5. The minimum absolute atomic E-state index is 0.00490. The molecule has 0 amide bonds. The fourth-order valence-corrected chi connectivity index (χ4v) is 4.95. The summed E-state index contributed by atoms with van der Waals surface area (Å²) < 4.78 is 35.0. The number of ether oxygens (including phenoxy) is 2. The van der Waals surface area contributed by atoms with Crippen LogP contribution in [0.5, 0.6) is 11.5 Å². The van der Waals surface area contributed by atoms with Crippen molar-refractivity contribution >= 4 is 15.8 Å². The Hall–Kier alpha value is -2.58. The Balaban J connectivity index is 1.37. The van der Waals surface area contributed by atoms with Crippen molar-refractivity contribution in [3.05, 3.63) is 53.6 Å². The summed E-state index contributed by atoms with van der Waals surface area (Å²) in [6, 6.07) is 12.7. The van der Waals surface area contributed by atoms with Crippen molar-refractivity contribution in [1.82, 2.24) is 4.90 Å². The van der Waals surface area contributed by atoms with Crippen LogP contribution in [0.4, 0.5) is 0 Å². The summed E-state index contributed by atoms with van der Waals surface area (Å²) in [5.74, 6) is 0.805. The van der Waals surface area contributed by atoms with Crippen molar-refractivity contribution in [2.75, 3.05) is 32.5 Å². The van der Waals surface area contributed by atoms with Crippen LogP contribution in [-0.4, -0.2) is 56.9 Å². The molecule has 0 atom stereocenters. The molecule has 1 saturated heterocycles. The standard InChI is InChI=1S/C23H27NO6S/c1-31(27,28)19-5-2-17(3-6-19)15-29-18-4-7-20-21(14-18)30-16-23(20)9-12-24(13-10-23)11-8-22(25)26/h2-7,14H,8-13,15-16H2,1H3,(H,25,26). The molecule has 2 aliphatic heterocycles. The smallest absolute Gasteiger partial charge is 0.304 e. The summed E-state index contributed by atoms with van der Waals surface area (Å²) in [4.78, 5) is 13.3. The van der Waals surface area contributed by atoms with Gasteiger partial charge >= 0.3 is 5.97 Å². The highest BCUT2D eigenvalue weighted by atomic mass is 32.2. The van der Waals surface area contributed by atoms with Crippen LogP contribution in [-0.2, 0) is 26.7 Å². The Kier molecular flexibility index (Phi) is 5.94. The average Bonchev–Trinajstić information content (AvgIpc) is 3.09. The van der Waals surface area contributed by atoms with Crippen molar-refractivity contribution < 1.29 is 27.8 Å². The molecule has 1 spiro atoms. The zero-order valence-corrected chi connectivity index (χ0v) is 18.4. The summed E-state index contributed by atoms with van der Waals surface area (Å²) in [5, 5.41) is 8.88. The van der Waals surface area contributed by atoms with Gasteiger partial charge < -0.3 is 19.5 Å². The third-order valence-electron chi connectivity index (χ3n) is 6.24. The number of benzene rings is 2. The molecule has 0 aromatic heterocycles. The quantitative estimate of drug-likeness (QED) is 0.700. The van der Waals surface area contributed by atoms with E-state index in [-0.39, 0.29) is 11.8 Å². The van der Waals surface area contributed by atoms with Crippen molar-refractivity contribution in [2.24, 2.45) is 0 Å². The van der Waals surface area contributed by atoms with Crippen LogP contribution in [0.25, 0.3) is 0 Å². The molecule has 2 aromatic rings. The van der Waals surface area contributed by atoms with Gasteiger partial charge in [0.15, 0.2) is 9.84 Å². The minimum atomic E-state index is -3.20. The van der Waals surface area contributed by atoms with Gasteiger partial charge in [-0.05, 0) is 49.7 Å². The van der Waals surface area contributed by atoms with Gasteiger partial charge in [-0.3, -0.25) is 4.79 Å². The van der Waals surface area contributed by atoms with E-state index >= 15 is 0 Å². The predicted octanol–water partition coefficient (Wildman–Crippen LogP) is 2.87. The fraction of sp³-hybridized carbons (Fsp3) is 0.435. The lowest BCUT2D eigenvalue weighted by atomic mass is 9.74. The Morgan fingerprint density at radius 2 is 1.87 bits per heavy atom. The van der Waals surface area contributed by atoms with Gasteiger partial charge in [-0.25, -0.2) is 8.42 Å². The molecule has 0 unspecified atom stereocenters. The van der Waals surface area contributed by atoms with Gasteiger partial charge in [0, 0.05) is 29.8 Å². The number of carboxylic acids is 1. The highest BCUT2D eigenvalue weighted by Crippen LogP contribution is 2.46. The molecule has 0 bridgehead atoms. The van der Waals surface area contributed by atoms with Gasteiger partial charge in [0.2, 0.25) is 0 Å². The van der Waals surface area contributed by atoms with Crippen LogP contribution in [0.3, 0.4) is 0 Å². The second kappa shape index (κ2) is 8.51. The molecular weight excluding hydrogens is 418 g/mol. The van der Waals surface area contributed by atoms with E-state index < -0.39 is 15.8 Å². The van der Waals surface area contributed by atoms with Crippen molar-refractivity contribution in [3.63, 3.8) is 0 Å². The molecule has 31 heavy (non-hydrogen) atoms. The maximum absolute atomic E-state index is 11.6. The minimum Gasteiger partial charge on any atom is -0.492 e. The summed E-state index contributed by atoms with van der Waals surface area (Å²) in [7, 11) is -3.20. The normalized spacial score (nSPS) is 17.8. The topological polar surface area (TPSA) is 93.1 Å². The number of sulfone groups is 1. The molecule has 2 aliphatic rings. The second-order valence-corrected chi connectivity index (χ2v) is 10.4. The first-order valence-corrected chi connectivity index (χ1v) is 12.3. The number of nitrogens with zero attached hydrogens (tertiary/aromatic N) is 1. The van der Waals surface area contributed by atoms with Crippen LogP contribution >= 0.6 is 0 Å². The number of fused-ring (bicyclic) bond motifs is 2. The molecule has 0 radical (unpaired) electrons. The van der Waals surface area contributed by atoms with Crippen molar-refractivity contribution in [3.8, 4) is 11.5 Å². The van der Waals surface area contributed by atoms with Gasteiger partial charge in [-0.1, -0.05) is 18.2 Å². The van der Waals surface area contributed by atoms with E-state index in [1.54, 1.807) is 24.3 Å². The largest absolute Gasteiger partial charge is 0.492 e. The van der Waals surface area contributed by atoms with Crippen molar-refractivity contribution in [2.45, 2.75) is 36.2 Å². The summed E-state index contributed by atoms with van der Waals surface area (Å²) >= 11 is 0. The first kappa shape index (κ1) is 21.6. The predicted molar refractivity (Wildman–Crippen MR) is 115 cm³/mol. The van der Waals surface area contributed by atoms with E-state index in [1.165, 1.54) is 11.8 Å². The maximum atomic E-state index is 11.6. The van der Waals surface area contributed by atoms with Crippen LogP contribution in [0.2, 0.25) is 0 Å². The van der Waals surface area contributed by atoms with Gasteiger partial charge in [0.05, 0.1) is 17.9 Å². The number of rotatable bonds is 7. The van der Waals surface area contributed by atoms with E-state index in [2.05, 4.69) is 11.0 Å². The molecule has 7 nitrogen and oxygen atoms in total. The molecule has 8 heteroatoms. The van der Waals surface area contributed by atoms with E-state index in [1.807, 2.05) is 12.1 Å². The summed E-state index contributed by atoms with van der Waals surface area (Å²) in [6.07, 6.45) is 3.27. The highest BCUT2D eigenvalue weighted by molar-refractivity contribution is 7.90. The second-order valence-electron chi connectivity index (χ2n) is 8.42. The van der Waals surface area contributed by atoms with Crippen LogP contribution in [0.15, 0.2) is 47.4 Å². The van der Waals surface area contributed by atoms with Gasteiger partial charge in [0.25, 0.3) is 0 Å². The van der Waals surface area contributed by atoms with E-state index in [4.69, 9.17) is 14.6 Å². The number of hydrogen-bond acceptors (Lipinski definition) is 6. The molecular formula is C23H27NO6S. The summed E-state index contributed by atoms with van der Waals surface area (Å²) in [5.41, 5.74) is 2.09. The zero-order chi connectivity index (χ0) is 22.1. The number of likely N-dealkylation sites (tertiary alicyclic amines) is 1. The van der Waals surface area contributed by atoms with E-state index in [0.717, 1.165) is 37.2 Å². The number of aliphatic carboxylic acids is 1. The molecule has 4 rings (SSSR count). The lowest BCUT2D eigenvalue weighted by molar-refractivity contribution is -0.137. The third kappa shape index (κ3) is 4.85. The molecule has 1 N–H and O–H groups in total. The average molecular weight is 446 g/mol. The Labute approximate surface area is 182 Å². The maximum Gasteiger partial charge on any atom is 0.304 e. The molecule has 0 saturated carbocycles. The molecule has 2 heterocycles. The fourth-order valence-electron chi connectivity index (χ4n) is 4.32. The molecule has 2 aromatic carbocycles. The Bertz CT molecular complexity index is 1060. The SMILES string of the molecule is CS(=O)(=O)c1ccc(COc2ccc3c(c2)OCC32CCN(CCC(=O)O)CC2)cc1. The van der Waals surface area contributed by atoms with E-state index in [0.29, 0.717) is 30.4 Å². The van der Waals surface area contributed by atoms with Crippen molar-refractivity contribution in [1.29, 1.82) is 0 Å². The third-order valence-corrected chi connectivity index (χ3v) is 7.37. The first-order valence-electron chi connectivity index (χ1n) is 10.4. The van der Waals surface area contributed by atoms with Gasteiger partial charge in [0.1, 0.15) is 18.1 Å². The number of piperidine rings is 1. The van der Waals surface area contributed by atoms with Gasteiger partial charge in [-0.2, -0.15) is 0 Å². The van der Waals surface area contributed by atoms with Crippen LogP contribution in [0, 0.1) is 0 Å². The highest BCUT2D eigenvalue weighted by Gasteiger charge is 2.43.